The summed E-state index contributed by atoms with van der Waals surface area (Å²) in [6.45, 7) is 4.84. The highest BCUT2D eigenvalue weighted by molar-refractivity contribution is 9.09. The Balaban J connectivity index is 1.59. The van der Waals surface area contributed by atoms with E-state index in [1.165, 1.54) is 57.1 Å². The molecular weight excluding hydrogens is 254 g/mol. The van der Waals surface area contributed by atoms with Crippen LogP contribution in [0.4, 0.5) is 0 Å². The minimum Gasteiger partial charge on any atom is -0.378 e. The van der Waals surface area contributed by atoms with Crippen LogP contribution in [0.15, 0.2) is 0 Å². The lowest BCUT2D eigenvalue weighted by atomic mass is 9.99. The van der Waals surface area contributed by atoms with E-state index in [1.807, 2.05) is 0 Å². The molecule has 0 aromatic carbocycles. The Morgan fingerprint density at radius 1 is 1.20 bits per heavy atom. The number of ether oxygens (including phenoxy) is 1. The largest absolute Gasteiger partial charge is 0.378 e. The molecule has 1 atom stereocenters. The SMILES string of the molecule is BrCC1CCN(CCC2CCCO2)CC1. The molecule has 0 N–H and O–H groups in total. The van der Waals surface area contributed by atoms with Gasteiger partial charge in [0.2, 0.25) is 0 Å². The second-order valence-electron chi connectivity index (χ2n) is 4.86. The van der Waals surface area contributed by atoms with Gasteiger partial charge in [0.1, 0.15) is 0 Å². The van der Waals surface area contributed by atoms with Crippen molar-refractivity contribution in [3.8, 4) is 0 Å². The number of alkyl halides is 1. The Hall–Kier alpha value is 0.400. The Labute approximate surface area is 101 Å². The van der Waals surface area contributed by atoms with Gasteiger partial charge in [0, 0.05) is 18.5 Å². The van der Waals surface area contributed by atoms with Crippen LogP contribution in [0.3, 0.4) is 0 Å². The molecule has 0 aliphatic carbocycles. The Bertz CT molecular complexity index is 174. The predicted octanol–water partition coefficient (Wildman–Crippen LogP) is 2.66. The summed E-state index contributed by atoms with van der Waals surface area (Å²) in [5.41, 5.74) is 0. The molecule has 0 aromatic heterocycles. The molecule has 2 aliphatic heterocycles. The molecule has 0 bridgehead atoms. The van der Waals surface area contributed by atoms with Crippen molar-refractivity contribution >= 4 is 15.9 Å². The van der Waals surface area contributed by atoms with E-state index in [0.717, 1.165) is 12.5 Å². The van der Waals surface area contributed by atoms with Crippen LogP contribution < -0.4 is 0 Å². The van der Waals surface area contributed by atoms with Gasteiger partial charge in [0.15, 0.2) is 0 Å². The Kier molecular flexibility index (Phi) is 4.92. The lowest BCUT2D eigenvalue weighted by molar-refractivity contribution is 0.0861. The molecule has 2 saturated heterocycles. The molecule has 2 heterocycles. The standard InChI is InChI=1S/C12H22BrNO/c13-10-11-3-6-14(7-4-11)8-5-12-2-1-9-15-12/h11-12H,1-10H2. The summed E-state index contributed by atoms with van der Waals surface area (Å²) < 4.78 is 5.65. The van der Waals surface area contributed by atoms with Gasteiger partial charge in [0.25, 0.3) is 0 Å². The van der Waals surface area contributed by atoms with Crippen molar-refractivity contribution in [1.29, 1.82) is 0 Å². The van der Waals surface area contributed by atoms with Gasteiger partial charge in [-0.05, 0) is 51.1 Å². The summed E-state index contributed by atoms with van der Waals surface area (Å²) >= 11 is 3.59. The zero-order valence-corrected chi connectivity index (χ0v) is 11.0. The zero-order chi connectivity index (χ0) is 10.5. The number of hydrogen-bond acceptors (Lipinski definition) is 2. The molecule has 2 fully saturated rings. The first-order chi connectivity index (χ1) is 7.38. The third kappa shape index (κ3) is 3.72. The number of hydrogen-bond donors (Lipinski definition) is 0. The molecule has 0 spiro atoms. The first-order valence-corrected chi connectivity index (χ1v) is 7.40. The van der Waals surface area contributed by atoms with E-state index in [2.05, 4.69) is 20.8 Å². The number of piperidine rings is 1. The van der Waals surface area contributed by atoms with Crippen LogP contribution in [0.1, 0.15) is 32.1 Å². The average molecular weight is 276 g/mol. The highest BCUT2D eigenvalue weighted by atomic mass is 79.9. The summed E-state index contributed by atoms with van der Waals surface area (Å²) in [4.78, 5) is 2.61. The van der Waals surface area contributed by atoms with Crippen LogP contribution in [0.25, 0.3) is 0 Å². The van der Waals surface area contributed by atoms with E-state index in [-0.39, 0.29) is 0 Å². The van der Waals surface area contributed by atoms with E-state index in [1.54, 1.807) is 0 Å². The first-order valence-electron chi connectivity index (χ1n) is 6.28. The minimum atomic E-state index is 0.568. The van der Waals surface area contributed by atoms with Gasteiger partial charge in [-0.1, -0.05) is 15.9 Å². The lowest BCUT2D eigenvalue weighted by Gasteiger charge is -2.31. The quantitative estimate of drug-likeness (QED) is 0.732. The van der Waals surface area contributed by atoms with Gasteiger partial charge >= 0.3 is 0 Å². The zero-order valence-electron chi connectivity index (χ0n) is 9.46. The smallest absolute Gasteiger partial charge is 0.0588 e. The van der Waals surface area contributed by atoms with Gasteiger partial charge < -0.3 is 9.64 Å². The number of likely N-dealkylation sites (tertiary alicyclic amines) is 1. The van der Waals surface area contributed by atoms with Crippen LogP contribution in [0, 0.1) is 5.92 Å². The molecule has 15 heavy (non-hydrogen) atoms. The third-order valence-corrected chi connectivity index (χ3v) is 4.63. The topological polar surface area (TPSA) is 12.5 Å². The maximum Gasteiger partial charge on any atom is 0.0588 e. The minimum absolute atomic E-state index is 0.568. The maximum atomic E-state index is 5.65. The van der Waals surface area contributed by atoms with Crippen LogP contribution in [-0.4, -0.2) is 42.6 Å². The molecule has 0 aromatic rings. The van der Waals surface area contributed by atoms with Crippen molar-refractivity contribution in [2.24, 2.45) is 5.92 Å². The highest BCUT2D eigenvalue weighted by Gasteiger charge is 2.20. The fourth-order valence-corrected chi connectivity index (χ4v) is 3.21. The molecule has 1 unspecified atom stereocenters. The molecule has 0 saturated carbocycles. The fraction of sp³-hybridized carbons (Fsp3) is 1.00. The number of rotatable bonds is 4. The molecule has 2 aliphatic rings. The van der Waals surface area contributed by atoms with Crippen LogP contribution in [0.2, 0.25) is 0 Å². The fourth-order valence-electron chi connectivity index (χ4n) is 2.56. The first kappa shape index (κ1) is 11.9. The van der Waals surface area contributed by atoms with Gasteiger partial charge in [-0.3, -0.25) is 0 Å². The normalized spacial score (nSPS) is 29.8. The van der Waals surface area contributed by atoms with Crippen molar-refractivity contribution in [3.05, 3.63) is 0 Å². The summed E-state index contributed by atoms with van der Waals surface area (Å²) in [6, 6.07) is 0. The molecule has 2 rings (SSSR count). The van der Waals surface area contributed by atoms with Gasteiger partial charge in [0.05, 0.1) is 6.10 Å². The van der Waals surface area contributed by atoms with Crippen molar-refractivity contribution in [2.75, 3.05) is 31.6 Å². The summed E-state index contributed by atoms with van der Waals surface area (Å²) in [6.07, 6.45) is 7.12. The van der Waals surface area contributed by atoms with Crippen LogP contribution >= 0.6 is 15.9 Å². The summed E-state index contributed by atoms with van der Waals surface area (Å²) in [7, 11) is 0. The molecule has 3 heteroatoms. The highest BCUT2D eigenvalue weighted by Crippen LogP contribution is 2.21. The van der Waals surface area contributed by atoms with E-state index >= 15 is 0 Å². The van der Waals surface area contributed by atoms with Gasteiger partial charge in [-0.25, -0.2) is 0 Å². The van der Waals surface area contributed by atoms with Crippen LogP contribution in [0.5, 0.6) is 0 Å². The van der Waals surface area contributed by atoms with Crippen molar-refractivity contribution in [2.45, 2.75) is 38.2 Å². The van der Waals surface area contributed by atoms with Crippen molar-refractivity contribution < 1.29 is 4.74 Å². The Morgan fingerprint density at radius 2 is 2.00 bits per heavy atom. The average Bonchev–Trinajstić information content (AvgIpc) is 2.80. The second-order valence-corrected chi connectivity index (χ2v) is 5.51. The number of halogens is 1. The maximum absolute atomic E-state index is 5.65. The van der Waals surface area contributed by atoms with E-state index in [0.29, 0.717) is 6.10 Å². The van der Waals surface area contributed by atoms with Gasteiger partial charge in [-0.15, -0.1) is 0 Å². The lowest BCUT2D eigenvalue weighted by Crippen LogP contribution is -2.35. The van der Waals surface area contributed by atoms with Crippen molar-refractivity contribution in [3.63, 3.8) is 0 Å². The van der Waals surface area contributed by atoms with E-state index in [9.17, 15) is 0 Å². The van der Waals surface area contributed by atoms with E-state index < -0.39 is 0 Å². The summed E-state index contributed by atoms with van der Waals surface area (Å²) in [5, 5.41) is 1.19. The molecule has 2 nitrogen and oxygen atoms in total. The summed E-state index contributed by atoms with van der Waals surface area (Å²) in [5.74, 6) is 0.920. The van der Waals surface area contributed by atoms with Crippen molar-refractivity contribution in [1.82, 2.24) is 4.90 Å². The monoisotopic (exact) mass is 275 g/mol. The third-order valence-electron chi connectivity index (χ3n) is 3.72. The molecule has 0 amide bonds. The second kappa shape index (κ2) is 6.21. The molecular formula is C12H22BrNO. The predicted molar refractivity (Wildman–Crippen MR) is 66.5 cm³/mol. The molecule has 88 valence electrons. The van der Waals surface area contributed by atoms with E-state index in [4.69, 9.17) is 4.74 Å². The van der Waals surface area contributed by atoms with Crippen LogP contribution in [-0.2, 0) is 4.74 Å². The van der Waals surface area contributed by atoms with Gasteiger partial charge in [-0.2, -0.15) is 0 Å². The Morgan fingerprint density at radius 3 is 2.60 bits per heavy atom. The molecule has 0 radical (unpaired) electrons. The number of nitrogens with zero attached hydrogens (tertiary/aromatic N) is 1.